The minimum atomic E-state index is -3.06. The third-order valence-corrected chi connectivity index (χ3v) is 11.8. The van der Waals surface area contributed by atoms with E-state index in [0.717, 1.165) is 48.9 Å². The van der Waals surface area contributed by atoms with Crippen molar-refractivity contribution in [2.24, 2.45) is 13.0 Å². The van der Waals surface area contributed by atoms with Crippen molar-refractivity contribution in [3.05, 3.63) is 64.6 Å². The fourth-order valence-corrected chi connectivity index (χ4v) is 8.61. The number of anilines is 1. The Kier molecular flexibility index (Phi) is 10.0. The molecule has 0 bridgehead atoms. The summed E-state index contributed by atoms with van der Waals surface area (Å²) in [5.41, 5.74) is 1.53. The molecule has 0 spiro atoms. The summed E-state index contributed by atoms with van der Waals surface area (Å²) < 4.78 is 47.7. The largest absolute Gasteiger partial charge is 0.376 e. The smallest absolute Gasteiger partial charge is 0.257 e. The number of para-hydroxylation sites is 1. The van der Waals surface area contributed by atoms with Crippen molar-refractivity contribution in [1.82, 2.24) is 14.4 Å². The number of carbonyl (C=O) groups excluding carboxylic acids is 3. The van der Waals surface area contributed by atoms with Crippen LogP contribution < -0.4 is 5.32 Å². The molecule has 3 aliphatic rings. The zero-order valence-electron chi connectivity index (χ0n) is 26.4. The molecule has 0 unspecified atom stereocenters. The quantitative estimate of drug-likeness (QED) is 0.335. The molecular formula is C34H40ClFN4O6S. The highest BCUT2D eigenvalue weighted by Crippen LogP contribution is 2.31. The van der Waals surface area contributed by atoms with Crippen molar-refractivity contribution >= 4 is 56.1 Å². The van der Waals surface area contributed by atoms with E-state index in [1.807, 2.05) is 35.9 Å². The maximum Gasteiger partial charge on any atom is 0.257 e. The third kappa shape index (κ3) is 7.56. The van der Waals surface area contributed by atoms with Gasteiger partial charge in [0.15, 0.2) is 9.84 Å². The first kappa shape index (κ1) is 33.6. The van der Waals surface area contributed by atoms with E-state index in [2.05, 4.69) is 10.2 Å². The van der Waals surface area contributed by atoms with E-state index in [0.29, 0.717) is 38.2 Å². The summed E-state index contributed by atoms with van der Waals surface area (Å²) in [5, 5.41) is 3.59. The maximum atomic E-state index is 15.5. The van der Waals surface area contributed by atoms with Crippen LogP contribution in [0, 0.1) is 11.7 Å². The van der Waals surface area contributed by atoms with Crippen molar-refractivity contribution in [2.45, 2.75) is 56.7 Å². The van der Waals surface area contributed by atoms with Gasteiger partial charge in [-0.2, -0.15) is 0 Å². The molecule has 1 N–H and O–H groups in total. The Bertz CT molecular complexity index is 1760. The van der Waals surface area contributed by atoms with Crippen LogP contribution in [0.4, 0.5) is 10.1 Å². The lowest BCUT2D eigenvalue weighted by Gasteiger charge is -2.31. The van der Waals surface area contributed by atoms with Gasteiger partial charge in [-0.15, -0.1) is 0 Å². The number of likely N-dealkylation sites (tertiary alicyclic amines) is 1. The molecule has 2 aliphatic heterocycles. The average molecular weight is 687 g/mol. The number of aromatic nitrogens is 1. The predicted molar refractivity (Wildman–Crippen MR) is 178 cm³/mol. The van der Waals surface area contributed by atoms with Crippen LogP contribution in [-0.4, -0.2) is 96.8 Å². The number of carbonyl (C=O) groups is 3. The van der Waals surface area contributed by atoms with Crippen LogP contribution in [0.25, 0.3) is 10.9 Å². The summed E-state index contributed by atoms with van der Waals surface area (Å²) in [5.74, 6) is -1.12. The van der Waals surface area contributed by atoms with Crippen LogP contribution in [0.3, 0.4) is 0 Å². The molecule has 10 nitrogen and oxygen atoms in total. The molecule has 2 atom stereocenters. The standard InChI is InChI=1S/C34H40ClFN4O6S/c1-38-19-28(27-4-2-3-5-32(27)38)34(43)37-31-17-30(36)23(14-29(31)35)15-33(42)40-18-24(39-10-12-47(44,45)13-11-39)16-25(40)21-46-26-8-6-22(20-41)7-9-26/h2-5,14,17,19-20,22,24-26H,6-13,15-16,18,21H2,1H3,(H,37,43)/t22-,24-,25-,26-/m0/s1. The summed E-state index contributed by atoms with van der Waals surface area (Å²) >= 11 is 6.52. The third-order valence-electron chi connectivity index (χ3n) is 9.91. The van der Waals surface area contributed by atoms with E-state index in [1.165, 1.54) is 6.07 Å². The number of nitrogens with zero attached hydrogens (tertiary/aromatic N) is 3. The van der Waals surface area contributed by atoms with Crippen molar-refractivity contribution < 1.29 is 31.9 Å². The number of fused-ring (bicyclic) bond motifs is 1. The minimum absolute atomic E-state index is 0.00946. The summed E-state index contributed by atoms with van der Waals surface area (Å²) in [6, 6.07) is 9.71. The van der Waals surface area contributed by atoms with Crippen LogP contribution in [0.5, 0.6) is 0 Å². The zero-order chi connectivity index (χ0) is 33.3. The summed E-state index contributed by atoms with van der Waals surface area (Å²) in [4.78, 5) is 41.9. The number of sulfone groups is 1. The van der Waals surface area contributed by atoms with Crippen LogP contribution >= 0.6 is 11.6 Å². The molecule has 252 valence electrons. The lowest BCUT2D eigenvalue weighted by atomic mass is 9.88. The zero-order valence-corrected chi connectivity index (χ0v) is 27.9. The molecule has 1 aliphatic carbocycles. The first-order chi connectivity index (χ1) is 22.5. The number of hydrogen-bond acceptors (Lipinski definition) is 7. The normalized spacial score (nSPS) is 24.8. The summed E-state index contributed by atoms with van der Waals surface area (Å²) in [6.07, 6.45) is 6.25. The van der Waals surface area contributed by atoms with Crippen molar-refractivity contribution in [2.75, 3.05) is 43.1 Å². The van der Waals surface area contributed by atoms with E-state index >= 15 is 4.39 Å². The second kappa shape index (κ2) is 14.0. The number of aryl methyl sites for hydroxylation is 1. The number of nitrogens with one attached hydrogen (secondary N) is 1. The highest BCUT2D eigenvalue weighted by atomic mass is 35.5. The van der Waals surface area contributed by atoms with Crippen LogP contribution in [0.1, 0.15) is 48.0 Å². The molecular weight excluding hydrogens is 647 g/mol. The van der Waals surface area contributed by atoms with Gasteiger partial charge in [0.05, 0.1) is 53.0 Å². The SMILES string of the molecule is Cn1cc(C(=O)Nc2cc(F)c(CC(=O)N3C[C@@H](N4CCS(=O)(=O)CC4)C[C@H]3CO[C@H]3CC[C@H](C=O)CC3)cc2Cl)c2ccccc21. The molecule has 1 aromatic heterocycles. The molecule has 47 heavy (non-hydrogen) atoms. The lowest BCUT2D eigenvalue weighted by molar-refractivity contribution is -0.133. The molecule has 1 saturated carbocycles. The number of benzene rings is 2. The Morgan fingerprint density at radius 3 is 2.55 bits per heavy atom. The van der Waals surface area contributed by atoms with Gasteiger partial charge in [0.2, 0.25) is 5.91 Å². The Hall–Kier alpha value is -3.32. The Labute approximate surface area is 279 Å². The minimum Gasteiger partial charge on any atom is -0.376 e. The lowest BCUT2D eigenvalue weighted by Crippen LogP contribution is -2.47. The van der Waals surface area contributed by atoms with E-state index < -0.39 is 21.6 Å². The highest BCUT2D eigenvalue weighted by Gasteiger charge is 2.40. The molecule has 0 radical (unpaired) electrons. The number of aldehydes is 1. The molecule has 6 rings (SSSR count). The van der Waals surface area contributed by atoms with Gasteiger partial charge in [-0.3, -0.25) is 14.5 Å². The van der Waals surface area contributed by atoms with E-state index in [4.69, 9.17) is 16.3 Å². The number of hydrogen-bond donors (Lipinski definition) is 1. The van der Waals surface area contributed by atoms with Gasteiger partial charge in [-0.25, -0.2) is 12.8 Å². The summed E-state index contributed by atoms with van der Waals surface area (Å²) in [6.45, 7) is 1.52. The number of amides is 2. The first-order valence-corrected chi connectivity index (χ1v) is 18.4. The van der Waals surface area contributed by atoms with Crippen molar-refractivity contribution in [1.29, 1.82) is 0 Å². The number of rotatable bonds is 9. The predicted octanol–water partition coefficient (Wildman–Crippen LogP) is 4.24. The maximum absolute atomic E-state index is 15.5. The molecule has 2 amide bonds. The average Bonchev–Trinajstić information content (AvgIpc) is 3.64. The van der Waals surface area contributed by atoms with Gasteiger partial charge in [0.25, 0.3) is 5.91 Å². The van der Waals surface area contributed by atoms with Gasteiger partial charge >= 0.3 is 0 Å². The van der Waals surface area contributed by atoms with E-state index in [1.54, 1.807) is 11.1 Å². The molecule has 2 aromatic carbocycles. The molecule has 3 heterocycles. The Morgan fingerprint density at radius 1 is 1.11 bits per heavy atom. The van der Waals surface area contributed by atoms with Crippen molar-refractivity contribution in [3.8, 4) is 0 Å². The van der Waals surface area contributed by atoms with Gasteiger partial charge in [0, 0.05) is 55.7 Å². The van der Waals surface area contributed by atoms with Gasteiger partial charge < -0.3 is 24.3 Å². The van der Waals surface area contributed by atoms with Crippen LogP contribution in [0.2, 0.25) is 5.02 Å². The fourth-order valence-electron chi connectivity index (χ4n) is 7.15. The Balaban J connectivity index is 1.14. The summed E-state index contributed by atoms with van der Waals surface area (Å²) in [7, 11) is -1.22. The van der Waals surface area contributed by atoms with Gasteiger partial charge in [0.1, 0.15) is 12.1 Å². The van der Waals surface area contributed by atoms with Crippen LogP contribution in [-0.2, 0) is 37.6 Å². The molecule has 13 heteroatoms. The second-order valence-corrected chi connectivity index (χ2v) is 15.7. The highest BCUT2D eigenvalue weighted by molar-refractivity contribution is 7.91. The topological polar surface area (TPSA) is 118 Å². The van der Waals surface area contributed by atoms with Crippen molar-refractivity contribution in [3.63, 3.8) is 0 Å². The Morgan fingerprint density at radius 2 is 1.83 bits per heavy atom. The molecule has 3 aromatic rings. The monoisotopic (exact) mass is 686 g/mol. The van der Waals surface area contributed by atoms with E-state index in [-0.39, 0.29) is 64.2 Å². The van der Waals surface area contributed by atoms with Gasteiger partial charge in [-0.05, 0) is 55.9 Å². The fraction of sp³-hybridized carbons (Fsp3) is 0.500. The van der Waals surface area contributed by atoms with Crippen LogP contribution in [0.15, 0.2) is 42.6 Å². The number of halogens is 2. The van der Waals surface area contributed by atoms with E-state index in [9.17, 15) is 22.8 Å². The number of ether oxygens (including phenoxy) is 1. The molecule has 3 fully saturated rings. The second-order valence-electron chi connectivity index (χ2n) is 13.0. The molecule has 2 saturated heterocycles. The van der Waals surface area contributed by atoms with Gasteiger partial charge in [-0.1, -0.05) is 29.8 Å². The first-order valence-electron chi connectivity index (χ1n) is 16.2.